The second-order valence-corrected chi connectivity index (χ2v) is 8.49. The van der Waals surface area contributed by atoms with E-state index >= 15 is 0 Å². The third-order valence-corrected chi connectivity index (χ3v) is 5.73. The van der Waals surface area contributed by atoms with E-state index in [1.165, 1.54) is 4.90 Å². The summed E-state index contributed by atoms with van der Waals surface area (Å²) >= 11 is 5.19. The molecule has 1 aromatic rings. The molecule has 11 heteroatoms. The molecule has 0 aliphatic carbocycles. The number of rotatable bonds is 5. The number of hydrogen-bond acceptors (Lipinski definition) is 3. The van der Waals surface area contributed by atoms with Crippen LogP contribution in [0.2, 0.25) is 0 Å². The number of amides is 1. The molecule has 3 rings (SSSR count). The van der Waals surface area contributed by atoms with Crippen LogP contribution in [-0.4, -0.2) is 47.3 Å². The molecule has 176 valence electrons. The minimum Gasteiger partial charge on any atom is -0.483 e. The quantitative estimate of drug-likeness (QED) is 0.489. The number of halogens is 5. The number of ether oxygens (including phenoxy) is 1. The van der Waals surface area contributed by atoms with Gasteiger partial charge in [-0.15, -0.1) is 0 Å². The molecule has 1 aromatic carbocycles. The zero-order valence-electron chi connectivity index (χ0n) is 17.8. The van der Waals surface area contributed by atoms with Gasteiger partial charge in [0.1, 0.15) is 11.4 Å². The lowest BCUT2D eigenvalue weighted by molar-refractivity contribution is -0.289. The Hall–Kier alpha value is -2.43. The summed E-state index contributed by atoms with van der Waals surface area (Å²) in [6.45, 7) is 6.33. The zero-order chi connectivity index (χ0) is 23.9. The third kappa shape index (κ3) is 4.39. The highest BCUT2D eigenvalue weighted by molar-refractivity contribution is 7.80. The first-order valence-corrected chi connectivity index (χ1v) is 10.5. The molecular weight excluding hydrogens is 453 g/mol. The number of fused-ring (bicyclic) bond motifs is 1. The van der Waals surface area contributed by atoms with Gasteiger partial charge in [0.25, 0.3) is 0 Å². The molecule has 1 amide bonds. The van der Waals surface area contributed by atoms with Crippen LogP contribution < -0.4 is 15.4 Å². The minimum absolute atomic E-state index is 0.0205. The third-order valence-electron chi connectivity index (χ3n) is 5.44. The van der Waals surface area contributed by atoms with E-state index in [1.54, 1.807) is 13.8 Å². The van der Waals surface area contributed by atoms with Crippen LogP contribution in [0.4, 0.5) is 22.0 Å². The molecule has 0 saturated carbocycles. The van der Waals surface area contributed by atoms with E-state index in [1.807, 2.05) is 6.92 Å². The molecule has 32 heavy (non-hydrogen) atoms. The molecule has 5 nitrogen and oxygen atoms in total. The van der Waals surface area contributed by atoms with Gasteiger partial charge >= 0.3 is 12.1 Å². The maximum atomic E-state index is 14.1. The number of alkyl halides is 5. The van der Waals surface area contributed by atoms with Gasteiger partial charge in [-0.2, -0.15) is 22.0 Å². The maximum absolute atomic E-state index is 14.1. The first-order valence-electron chi connectivity index (χ1n) is 10.1. The lowest BCUT2D eigenvalue weighted by Crippen LogP contribution is -2.45. The Morgan fingerprint density at radius 2 is 1.91 bits per heavy atom. The summed E-state index contributed by atoms with van der Waals surface area (Å²) in [5.74, 6) is -5.16. The topological polar surface area (TPSA) is 53.6 Å². The molecule has 2 heterocycles. The van der Waals surface area contributed by atoms with Crippen molar-refractivity contribution in [2.45, 2.75) is 51.3 Å². The molecule has 0 aromatic heterocycles. The van der Waals surface area contributed by atoms with E-state index in [9.17, 15) is 26.7 Å². The molecule has 0 bridgehead atoms. The lowest BCUT2D eigenvalue weighted by atomic mass is 9.87. The molecule has 0 atom stereocenters. The van der Waals surface area contributed by atoms with Gasteiger partial charge in [0.15, 0.2) is 5.11 Å². The molecule has 1 fully saturated rings. The van der Waals surface area contributed by atoms with Gasteiger partial charge in [-0.25, -0.2) is 0 Å². The highest BCUT2D eigenvalue weighted by Gasteiger charge is 2.59. The van der Waals surface area contributed by atoms with Gasteiger partial charge in [0, 0.05) is 42.8 Å². The van der Waals surface area contributed by atoms with Crippen LogP contribution in [0.15, 0.2) is 23.8 Å². The van der Waals surface area contributed by atoms with Crippen LogP contribution in [0.1, 0.15) is 44.7 Å². The summed E-state index contributed by atoms with van der Waals surface area (Å²) in [4.78, 5) is 14.0. The summed E-state index contributed by atoms with van der Waals surface area (Å²) in [7, 11) is 0. The van der Waals surface area contributed by atoms with Crippen LogP contribution in [0.5, 0.6) is 5.75 Å². The Bertz CT molecular complexity index is 959. The van der Waals surface area contributed by atoms with Crippen molar-refractivity contribution in [3.05, 3.63) is 34.9 Å². The van der Waals surface area contributed by atoms with Crippen molar-refractivity contribution in [1.29, 1.82) is 0 Å². The fourth-order valence-electron chi connectivity index (χ4n) is 3.83. The zero-order valence-corrected chi connectivity index (χ0v) is 18.6. The molecule has 2 N–H and O–H groups in total. The number of nitrogens with zero attached hydrogens (tertiary/aromatic N) is 1. The number of benzene rings is 1. The highest BCUT2D eigenvalue weighted by atomic mass is 32.1. The van der Waals surface area contributed by atoms with Gasteiger partial charge in [0.2, 0.25) is 5.91 Å². The largest absolute Gasteiger partial charge is 0.483 e. The Labute approximate surface area is 188 Å². The van der Waals surface area contributed by atoms with Gasteiger partial charge in [-0.1, -0.05) is 0 Å². The smallest absolute Gasteiger partial charge is 0.458 e. The normalized spacial score (nSPS) is 18.4. The second-order valence-electron chi connectivity index (χ2n) is 8.08. The molecular formula is C21H24F5N3O2S. The standard InChI is InChI=1S/C21H24F5N3O2S/c1-4-27-18(32)28-11-14-17(29-9-5-6-16(29)30)13-10-12(20(22,23)21(24,25)26)7-8-15(13)31-19(14,2)3/h7-8,10H,4-6,9,11H2,1-3H3,(H2,27,28,32). The minimum atomic E-state index is -5.76. The van der Waals surface area contributed by atoms with Crippen molar-refractivity contribution in [3.8, 4) is 5.75 Å². The van der Waals surface area contributed by atoms with E-state index in [-0.39, 0.29) is 35.9 Å². The van der Waals surface area contributed by atoms with Crippen molar-refractivity contribution in [2.24, 2.45) is 0 Å². The number of carbonyl (C=O) groups is 1. The maximum Gasteiger partial charge on any atom is 0.458 e. The van der Waals surface area contributed by atoms with Gasteiger partial charge in [-0.05, 0) is 57.6 Å². The van der Waals surface area contributed by atoms with Crippen molar-refractivity contribution in [2.75, 3.05) is 19.6 Å². The van der Waals surface area contributed by atoms with E-state index in [4.69, 9.17) is 17.0 Å². The van der Waals surface area contributed by atoms with Gasteiger partial charge < -0.3 is 20.3 Å². The van der Waals surface area contributed by atoms with E-state index < -0.39 is 23.3 Å². The molecule has 0 spiro atoms. The van der Waals surface area contributed by atoms with Crippen LogP contribution >= 0.6 is 12.2 Å². The fraction of sp³-hybridized carbons (Fsp3) is 0.524. The second kappa shape index (κ2) is 8.49. The van der Waals surface area contributed by atoms with Crippen molar-refractivity contribution in [1.82, 2.24) is 15.5 Å². The summed E-state index contributed by atoms with van der Waals surface area (Å²) in [5, 5.41) is 6.25. The van der Waals surface area contributed by atoms with Crippen LogP contribution in [0.25, 0.3) is 5.70 Å². The average molecular weight is 477 g/mol. The SMILES string of the molecule is CCNC(=S)NCC1=C(N2CCCC2=O)c2cc(C(F)(F)C(F)(F)F)ccc2OC1(C)C. The summed E-state index contributed by atoms with van der Waals surface area (Å²) < 4.78 is 73.2. The number of carbonyl (C=O) groups excluding carboxylic acids is 1. The van der Waals surface area contributed by atoms with E-state index in [2.05, 4.69) is 10.6 Å². The molecule has 0 unspecified atom stereocenters. The van der Waals surface area contributed by atoms with Gasteiger partial charge in [0.05, 0.1) is 5.70 Å². The Morgan fingerprint density at radius 3 is 2.47 bits per heavy atom. The number of thiocarbonyl (C=S) groups is 1. The van der Waals surface area contributed by atoms with Crippen molar-refractivity contribution >= 4 is 28.9 Å². The summed E-state index contributed by atoms with van der Waals surface area (Å²) in [6, 6.07) is 2.57. The predicted octanol–water partition coefficient (Wildman–Crippen LogP) is 4.33. The molecule has 2 aliphatic rings. The number of nitrogens with one attached hydrogen (secondary N) is 2. The molecule has 0 radical (unpaired) electrons. The average Bonchev–Trinajstić information content (AvgIpc) is 3.09. The van der Waals surface area contributed by atoms with Crippen molar-refractivity contribution in [3.63, 3.8) is 0 Å². The van der Waals surface area contributed by atoms with E-state index in [0.29, 0.717) is 36.3 Å². The first kappa shape index (κ1) is 24.2. The Balaban J connectivity index is 2.18. The number of hydrogen-bond donors (Lipinski definition) is 2. The van der Waals surface area contributed by atoms with Crippen LogP contribution in [0.3, 0.4) is 0 Å². The predicted molar refractivity (Wildman–Crippen MR) is 113 cm³/mol. The van der Waals surface area contributed by atoms with E-state index in [0.717, 1.165) is 12.1 Å². The Kier molecular flexibility index (Phi) is 6.43. The molecule has 1 saturated heterocycles. The Morgan fingerprint density at radius 1 is 1.22 bits per heavy atom. The molecule has 2 aliphatic heterocycles. The van der Waals surface area contributed by atoms with Gasteiger partial charge in [-0.3, -0.25) is 4.79 Å². The van der Waals surface area contributed by atoms with Crippen LogP contribution in [-0.2, 0) is 10.7 Å². The number of likely N-dealkylation sites (tertiary alicyclic amines) is 1. The lowest BCUT2D eigenvalue weighted by Gasteiger charge is -2.40. The van der Waals surface area contributed by atoms with Crippen LogP contribution in [0, 0.1) is 0 Å². The monoisotopic (exact) mass is 477 g/mol. The highest BCUT2D eigenvalue weighted by Crippen LogP contribution is 2.48. The van der Waals surface area contributed by atoms with Crippen molar-refractivity contribution < 1.29 is 31.5 Å². The summed E-state index contributed by atoms with van der Waals surface area (Å²) in [6.07, 6.45) is -4.95. The fourth-order valence-corrected chi connectivity index (χ4v) is 4.04. The first-order chi connectivity index (χ1) is 14.8. The summed E-state index contributed by atoms with van der Waals surface area (Å²) in [5.41, 5.74) is -1.37.